The normalized spacial score (nSPS) is 20.0. The van der Waals surface area contributed by atoms with Crippen molar-refractivity contribution in [2.45, 2.75) is 25.3 Å². The maximum absolute atomic E-state index is 12.6. The van der Waals surface area contributed by atoms with Gasteiger partial charge in [-0.05, 0) is 30.5 Å². The predicted molar refractivity (Wildman–Crippen MR) is 92.4 cm³/mol. The van der Waals surface area contributed by atoms with Gasteiger partial charge in [0.25, 0.3) is 0 Å². The zero-order valence-corrected chi connectivity index (χ0v) is 15.5. The van der Waals surface area contributed by atoms with Gasteiger partial charge in [-0.25, -0.2) is 13.4 Å². The minimum Gasteiger partial charge on any atom is -0.273 e. The fourth-order valence-corrected chi connectivity index (χ4v) is 5.00. The van der Waals surface area contributed by atoms with E-state index in [9.17, 15) is 13.2 Å². The number of rotatable bonds is 5. The molecule has 8 heteroatoms. The second kappa shape index (κ2) is 7.38. The van der Waals surface area contributed by atoms with Crippen LogP contribution >= 0.6 is 23.2 Å². The Labute approximate surface area is 147 Å². The van der Waals surface area contributed by atoms with Crippen molar-refractivity contribution in [3.8, 4) is 0 Å². The smallest absolute Gasteiger partial charge is 0.237 e. The highest BCUT2D eigenvalue weighted by Crippen LogP contribution is 2.24. The van der Waals surface area contributed by atoms with Gasteiger partial charge in [0.2, 0.25) is 5.91 Å². The Bertz CT molecular complexity index is 692. The summed E-state index contributed by atoms with van der Waals surface area (Å²) in [5.41, 5.74) is 0.849. The molecule has 23 heavy (non-hydrogen) atoms. The van der Waals surface area contributed by atoms with E-state index in [1.807, 2.05) is 0 Å². The summed E-state index contributed by atoms with van der Waals surface area (Å²) >= 11 is 12.0. The summed E-state index contributed by atoms with van der Waals surface area (Å²) in [4.78, 5) is 12.6. The highest BCUT2D eigenvalue weighted by molar-refractivity contribution is 7.91. The molecule has 1 fully saturated rings. The second-order valence-corrected chi connectivity index (χ2v) is 8.95. The van der Waals surface area contributed by atoms with Gasteiger partial charge >= 0.3 is 0 Å². The lowest BCUT2D eigenvalue weighted by Gasteiger charge is -2.33. The SMILES string of the molecule is CN(C)N(C(=O)CCc1ccc(Cl)cc1Cl)C1CCS(=O)(=O)C1. The zero-order valence-electron chi connectivity index (χ0n) is 13.1. The number of hydrazine groups is 1. The fraction of sp³-hybridized carbons (Fsp3) is 0.533. The van der Waals surface area contributed by atoms with E-state index in [4.69, 9.17) is 23.2 Å². The molecule has 0 bridgehead atoms. The monoisotopic (exact) mass is 378 g/mol. The number of hydrogen-bond acceptors (Lipinski definition) is 4. The molecule has 1 aromatic carbocycles. The van der Waals surface area contributed by atoms with Crippen molar-refractivity contribution in [3.63, 3.8) is 0 Å². The predicted octanol–water partition coefficient (Wildman–Crippen LogP) is 2.42. The van der Waals surface area contributed by atoms with Crippen molar-refractivity contribution in [1.29, 1.82) is 0 Å². The van der Waals surface area contributed by atoms with Gasteiger partial charge in [0.1, 0.15) is 0 Å². The molecule has 0 N–H and O–H groups in total. The summed E-state index contributed by atoms with van der Waals surface area (Å²) in [6, 6.07) is 4.90. The maximum atomic E-state index is 12.6. The Morgan fingerprint density at radius 2 is 2.00 bits per heavy atom. The number of nitrogens with zero attached hydrogens (tertiary/aromatic N) is 2. The first-order valence-corrected chi connectivity index (χ1v) is 9.91. The lowest BCUT2D eigenvalue weighted by molar-refractivity contribution is -0.148. The second-order valence-electron chi connectivity index (χ2n) is 5.88. The molecular weight excluding hydrogens is 359 g/mol. The van der Waals surface area contributed by atoms with Crippen molar-refractivity contribution in [1.82, 2.24) is 10.0 Å². The number of carbonyl (C=O) groups is 1. The lowest BCUT2D eigenvalue weighted by atomic mass is 10.1. The van der Waals surface area contributed by atoms with Crippen molar-refractivity contribution in [3.05, 3.63) is 33.8 Å². The van der Waals surface area contributed by atoms with E-state index >= 15 is 0 Å². The molecule has 0 aliphatic carbocycles. The van der Waals surface area contributed by atoms with Gasteiger partial charge in [0.15, 0.2) is 9.84 Å². The molecule has 1 heterocycles. The average molecular weight is 379 g/mol. The van der Waals surface area contributed by atoms with Crippen molar-refractivity contribution >= 4 is 38.9 Å². The third-order valence-electron chi connectivity index (χ3n) is 3.86. The zero-order chi connectivity index (χ0) is 17.2. The van der Waals surface area contributed by atoms with Crippen LogP contribution in [0.15, 0.2) is 18.2 Å². The molecule has 1 aliphatic rings. The standard InChI is InChI=1S/C15H20Cl2N2O3S/c1-18(2)19(13-7-8-23(21,22)10-13)15(20)6-4-11-3-5-12(16)9-14(11)17/h3,5,9,13H,4,6-8,10H2,1-2H3. The van der Waals surface area contributed by atoms with E-state index in [0.717, 1.165) is 5.56 Å². The summed E-state index contributed by atoms with van der Waals surface area (Å²) in [5.74, 6) is 0.0554. The van der Waals surface area contributed by atoms with Crippen LogP contribution in [0.2, 0.25) is 10.0 Å². The Kier molecular flexibility index (Phi) is 5.94. The summed E-state index contributed by atoms with van der Waals surface area (Å²) < 4.78 is 23.3. The molecule has 0 radical (unpaired) electrons. The number of hydrogen-bond donors (Lipinski definition) is 0. The summed E-state index contributed by atoms with van der Waals surface area (Å²) in [6.45, 7) is 0. The molecule has 0 aromatic heterocycles. The van der Waals surface area contributed by atoms with Crippen LogP contribution in [0, 0.1) is 0 Å². The molecule has 2 rings (SSSR count). The molecule has 1 unspecified atom stereocenters. The number of carbonyl (C=O) groups excluding carboxylic acids is 1. The minimum atomic E-state index is -3.04. The van der Waals surface area contributed by atoms with Crippen molar-refractivity contribution in [2.75, 3.05) is 25.6 Å². The number of amides is 1. The summed E-state index contributed by atoms with van der Waals surface area (Å²) in [7, 11) is 0.454. The summed E-state index contributed by atoms with van der Waals surface area (Å²) in [5, 5.41) is 4.30. The van der Waals surface area contributed by atoms with Crippen LogP contribution in [-0.2, 0) is 21.1 Å². The number of sulfone groups is 1. The molecular formula is C15H20Cl2N2O3S. The van der Waals surface area contributed by atoms with Crippen LogP contribution in [0.5, 0.6) is 0 Å². The number of benzene rings is 1. The molecule has 5 nitrogen and oxygen atoms in total. The quantitative estimate of drug-likeness (QED) is 0.738. The Morgan fingerprint density at radius 3 is 2.52 bits per heavy atom. The van der Waals surface area contributed by atoms with E-state index in [2.05, 4.69) is 0 Å². The third kappa shape index (κ3) is 4.83. The van der Waals surface area contributed by atoms with Gasteiger partial charge in [0, 0.05) is 30.6 Å². The third-order valence-corrected chi connectivity index (χ3v) is 6.20. The molecule has 128 valence electrons. The largest absolute Gasteiger partial charge is 0.273 e. The van der Waals surface area contributed by atoms with Gasteiger partial charge in [-0.3, -0.25) is 9.80 Å². The Balaban J connectivity index is 2.04. The van der Waals surface area contributed by atoms with E-state index in [-0.39, 0.29) is 29.9 Å². The van der Waals surface area contributed by atoms with Crippen LogP contribution in [0.4, 0.5) is 0 Å². The summed E-state index contributed by atoms with van der Waals surface area (Å²) in [6.07, 6.45) is 1.22. The van der Waals surface area contributed by atoms with Gasteiger partial charge in [0.05, 0.1) is 17.5 Å². The highest BCUT2D eigenvalue weighted by Gasteiger charge is 2.35. The van der Waals surface area contributed by atoms with Crippen LogP contribution in [0.1, 0.15) is 18.4 Å². The topological polar surface area (TPSA) is 57.7 Å². The highest BCUT2D eigenvalue weighted by atomic mass is 35.5. The van der Waals surface area contributed by atoms with Gasteiger partial charge in [-0.2, -0.15) is 0 Å². The first-order valence-electron chi connectivity index (χ1n) is 7.33. The van der Waals surface area contributed by atoms with E-state index in [1.54, 1.807) is 42.3 Å². The van der Waals surface area contributed by atoms with E-state index < -0.39 is 9.84 Å². The first-order chi connectivity index (χ1) is 10.7. The lowest BCUT2D eigenvalue weighted by Crippen LogP contribution is -2.49. The molecule has 1 saturated heterocycles. The molecule has 0 spiro atoms. The average Bonchev–Trinajstić information content (AvgIpc) is 2.77. The molecule has 1 aromatic rings. The van der Waals surface area contributed by atoms with E-state index in [0.29, 0.717) is 22.9 Å². The van der Waals surface area contributed by atoms with Crippen molar-refractivity contribution in [2.24, 2.45) is 0 Å². The van der Waals surface area contributed by atoms with Gasteiger partial charge in [-0.15, -0.1) is 0 Å². The van der Waals surface area contributed by atoms with Crippen LogP contribution in [0.25, 0.3) is 0 Å². The van der Waals surface area contributed by atoms with Gasteiger partial charge in [-0.1, -0.05) is 29.3 Å². The maximum Gasteiger partial charge on any atom is 0.237 e. The Morgan fingerprint density at radius 1 is 1.30 bits per heavy atom. The first kappa shape index (κ1) is 18.5. The molecule has 0 saturated carbocycles. The van der Waals surface area contributed by atoms with Crippen LogP contribution in [-0.4, -0.2) is 56.0 Å². The van der Waals surface area contributed by atoms with Crippen molar-refractivity contribution < 1.29 is 13.2 Å². The molecule has 1 atom stereocenters. The van der Waals surface area contributed by atoms with Gasteiger partial charge < -0.3 is 0 Å². The van der Waals surface area contributed by atoms with Crippen LogP contribution < -0.4 is 0 Å². The minimum absolute atomic E-state index is 0.0264. The number of halogens is 2. The molecule has 1 aliphatic heterocycles. The number of aryl methyl sites for hydroxylation is 1. The Hall–Kier alpha value is -0.820. The van der Waals surface area contributed by atoms with Crippen LogP contribution in [0.3, 0.4) is 0 Å². The molecule has 1 amide bonds. The fourth-order valence-electron chi connectivity index (χ4n) is 2.80. The van der Waals surface area contributed by atoms with E-state index in [1.165, 1.54) is 0 Å².